The van der Waals surface area contributed by atoms with E-state index in [-0.39, 0.29) is 16.9 Å². The molecule has 0 amide bonds. The van der Waals surface area contributed by atoms with Crippen molar-refractivity contribution in [2.45, 2.75) is 23.3 Å². The average Bonchev–Trinajstić information content (AvgIpc) is 1.39. The molecular weight excluding hydrogens is 1020 g/mol. The van der Waals surface area contributed by atoms with Crippen molar-refractivity contribution in [2.24, 2.45) is 0 Å². The van der Waals surface area contributed by atoms with Crippen LogP contribution in [-0.4, -0.2) is 104 Å². The summed E-state index contributed by atoms with van der Waals surface area (Å²) in [6, 6.07) is 0.147. The first-order valence-electron chi connectivity index (χ1n) is 31.1. The Bertz CT molecular complexity index is 7210. The van der Waals surface area contributed by atoms with Gasteiger partial charge in [0.1, 0.15) is 0 Å². The summed E-state index contributed by atoms with van der Waals surface area (Å²) in [5.74, 6) is 0. The zero-order chi connectivity index (χ0) is 51.1. The van der Waals surface area contributed by atoms with Crippen LogP contribution in [0.5, 0.6) is 0 Å². The first-order chi connectivity index (χ1) is 41.4. The molecule has 1 saturated heterocycles. The molecule has 1 aliphatic heterocycles. The van der Waals surface area contributed by atoms with Crippen LogP contribution in [0.4, 0.5) is 0 Å². The number of hydrogen-bond donors (Lipinski definition) is 0. The molecule has 7 heteroatoms. The van der Waals surface area contributed by atoms with Gasteiger partial charge in [-0.3, -0.25) is 4.90 Å². The molecule has 1 unspecified atom stereocenters. The van der Waals surface area contributed by atoms with Gasteiger partial charge in [0.05, 0.1) is 70.3 Å². The van der Waals surface area contributed by atoms with Crippen molar-refractivity contribution < 1.29 is 28.4 Å². The zero-order valence-corrected chi connectivity index (χ0v) is 44.7. The van der Waals surface area contributed by atoms with Crippen molar-refractivity contribution >= 4 is 291 Å². The SMILES string of the molecule is COCCOCCOCCC1N(CCOCCOCCOC)CC23c4c5c6c7c8c9c(c%10c%11c2c2c4c4c%12c5c5c6c6c8c8c%13c9c9c%10c%10c%11c%11c2c2c4c4c%12c%12c5c5c6c8c6c8c%13c9c9c%10c%10c%11c2c2c4c4c%12c5c6c5c8c9c%10c2c45)C713. The summed E-state index contributed by atoms with van der Waals surface area (Å²) in [5.41, 5.74) is 6.22. The molecule has 0 saturated carbocycles. The summed E-state index contributed by atoms with van der Waals surface area (Å²) in [6.07, 6.45) is 0.928. The second kappa shape index (κ2) is 9.62. The predicted octanol–water partition coefficient (Wildman–Crippen LogP) is 16.7. The number of likely N-dealkylation sites (tertiary alicyclic amines) is 1. The maximum atomic E-state index is 6.94. The summed E-state index contributed by atoms with van der Waals surface area (Å²) in [7, 11) is 3.49. The Morgan fingerprint density at radius 2 is 0.458 bits per heavy atom. The molecule has 0 aromatic heterocycles. The molecule has 0 N–H and O–H groups in total. The lowest BCUT2D eigenvalue weighted by molar-refractivity contribution is 0.0110. The van der Waals surface area contributed by atoms with Gasteiger partial charge in [0, 0.05) is 40.0 Å². The molecule has 378 valence electrons. The van der Waals surface area contributed by atoms with Gasteiger partial charge in [-0.2, -0.15) is 0 Å². The van der Waals surface area contributed by atoms with E-state index in [1.165, 1.54) is 0 Å². The van der Waals surface area contributed by atoms with Crippen molar-refractivity contribution in [3.05, 3.63) is 22.3 Å². The fourth-order valence-electron chi connectivity index (χ4n) is 27.0. The van der Waals surface area contributed by atoms with Crippen LogP contribution >= 0.6 is 0 Å². The lowest BCUT2D eigenvalue weighted by Gasteiger charge is -2.52. The molecule has 0 bridgehead atoms. The highest BCUT2D eigenvalue weighted by atomic mass is 16.5. The Morgan fingerprint density at radius 3 is 0.711 bits per heavy atom. The number of hydrogen-bond acceptors (Lipinski definition) is 7. The van der Waals surface area contributed by atoms with Crippen LogP contribution < -0.4 is 0 Å². The highest BCUT2D eigenvalue weighted by molar-refractivity contribution is 6.82. The van der Waals surface area contributed by atoms with Gasteiger partial charge in [-0.05, 0) is 320 Å². The molecule has 4 aliphatic carbocycles. The fraction of sp³-hybridized carbons (Fsp3) is 0.237. The maximum Gasteiger partial charge on any atom is 0.0701 e. The fourth-order valence-corrected chi connectivity index (χ4v) is 27.0. The van der Waals surface area contributed by atoms with E-state index in [0.717, 1.165) is 19.5 Å². The molecule has 1 atom stereocenters. The van der Waals surface area contributed by atoms with Gasteiger partial charge in [0.15, 0.2) is 0 Å². The molecule has 28 aromatic carbocycles. The van der Waals surface area contributed by atoms with Gasteiger partial charge in [0.2, 0.25) is 0 Å². The molecule has 83 heavy (non-hydrogen) atoms. The third-order valence-electron chi connectivity index (χ3n) is 27.6. The van der Waals surface area contributed by atoms with Crippen LogP contribution in [0.2, 0.25) is 0 Å². The third-order valence-corrected chi connectivity index (χ3v) is 27.6. The quantitative estimate of drug-likeness (QED) is 0.0627. The molecule has 0 radical (unpaired) electrons. The van der Waals surface area contributed by atoms with Crippen LogP contribution in [0, 0.1) is 0 Å². The molecule has 7 nitrogen and oxygen atoms in total. The van der Waals surface area contributed by atoms with Gasteiger partial charge < -0.3 is 28.4 Å². The molecule has 28 aromatic rings. The van der Waals surface area contributed by atoms with E-state index in [2.05, 4.69) is 4.90 Å². The molecule has 1 fully saturated rings. The van der Waals surface area contributed by atoms with Gasteiger partial charge in [0.25, 0.3) is 0 Å². The molecule has 5 aliphatic rings. The highest BCUT2D eigenvalue weighted by Gasteiger charge is 2.75. The molecule has 33 rings (SSSR count). The zero-order valence-electron chi connectivity index (χ0n) is 44.7. The summed E-state index contributed by atoms with van der Waals surface area (Å²) < 4.78 is 36.5. The third kappa shape index (κ3) is 2.41. The van der Waals surface area contributed by atoms with Gasteiger partial charge >= 0.3 is 0 Å². The van der Waals surface area contributed by atoms with Crippen molar-refractivity contribution in [1.29, 1.82) is 0 Å². The van der Waals surface area contributed by atoms with E-state index in [1.807, 2.05) is 0 Å². The van der Waals surface area contributed by atoms with Gasteiger partial charge in [-0.15, -0.1) is 0 Å². The summed E-state index contributed by atoms with van der Waals surface area (Å²) in [5, 5.41) is 88.8. The Hall–Kier alpha value is -7.82. The number of ether oxygens (including phenoxy) is 6. The van der Waals surface area contributed by atoms with Crippen molar-refractivity contribution in [3.8, 4) is 0 Å². The molecular formula is C76H33NO6. The van der Waals surface area contributed by atoms with Crippen molar-refractivity contribution in [2.75, 3.05) is 93.4 Å². The van der Waals surface area contributed by atoms with Crippen molar-refractivity contribution in [1.82, 2.24) is 4.90 Å². The van der Waals surface area contributed by atoms with E-state index in [9.17, 15) is 0 Å². The normalized spacial score (nSPS) is 22.1. The lowest BCUT2D eigenvalue weighted by atomic mass is 9.48. The monoisotopic (exact) mass is 1060 g/mol. The van der Waals surface area contributed by atoms with Crippen LogP contribution in [-0.2, 0) is 39.3 Å². The van der Waals surface area contributed by atoms with E-state index in [4.69, 9.17) is 28.4 Å². The summed E-state index contributed by atoms with van der Waals surface area (Å²) >= 11 is 0. The predicted molar refractivity (Wildman–Crippen MR) is 341 cm³/mol. The minimum atomic E-state index is -0.375. The van der Waals surface area contributed by atoms with E-state index in [1.54, 1.807) is 327 Å². The molecule has 1 heterocycles. The topological polar surface area (TPSA) is 58.6 Å². The minimum absolute atomic E-state index is 0.147. The Kier molecular flexibility index (Phi) is 4.25. The second-order valence-corrected chi connectivity index (χ2v) is 28.7. The lowest BCUT2D eigenvalue weighted by Crippen LogP contribution is -2.55. The van der Waals surface area contributed by atoms with E-state index in [0.29, 0.717) is 66.1 Å². The average molecular weight is 1060 g/mol. The minimum Gasteiger partial charge on any atom is -0.382 e. The maximum absolute atomic E-state index is 6.94. The first-order valence-corrected chi connectivity index (χ1v) is 31.1. The summed E-state index contributed by atoms with van der Waals surface area (Å²) in [6.45, 7) is 7.81. The van der Waals surface area contributed by atoms with Gasteiger partial charge in [-0.25, -0.2) is 0 Å². The van der Waals surface area contributed by atoms with Crippen LogP contribution in [0.3, 0.4) is 0 Å². The first kappa shape index (κ1) is 36.7. The number of nitrogens with zero attached hydrogens (tertiary/aromatic N) is 1. The Balaban J connectivity index is 0.897. The number of rotatable bonds is 18. The largest absolute Gasteiger partial charge is 0.382 e. The van der Waals surface area contributed by atoms with Gasteiger partial charge in [-0.1, -0.05) is 0 Å². The van der Waals surface area contributed by atoms with Crippen molar-refractivity contribution in [3.63, 3.8) is 0 Å². The smallest absolute Gasteiger partial charge is 0.0701 e. The van der Waals surface area contributed by atoms with Crippen LogP contribution in [0.25, 0.3) is 291 Å². The van der Waals surface area contributed by atoms with E-state index >= 15 is 0 Å². The highest BCUT2D eigenvalue weighted by Crippen LogP contribution is 2.86. The Morgan fingerprint density at radius 1 is 0.253 bits per heavy atom. The standard InChI is InChI=1S/C76H33NO6/c1-78-7-9-82-13-11-80-5-3-16-76-73-67-61-51-39-31-23-19-17-18-21-25(23)33(39)43-37-29(21)30-22(18)26-24-20(17)28-27(19)35-41(31)49-55-45(35)46-36(28)42-32(24)40-34(26)44-38(30)48-47(37)59(53(43)61)69(73)70-60(48)54(44)62-52(40)58-50(42)56(46)64-63(55)71(65(67)57(49)51)75(76,72(64)66(58)68(62)74(70)76)15-77(16)4-6-81-12-14-83-10-8-79-2/h16H,3-15H2,1-2H3. The Labute approximate surface area is 460 Å². The van der Waals surface area contributed by atoms with Crippen LogP contribution in [0.15, 0.2) is 0 Å². The second-order valence-electron chi connectivity index (χ2n) is 28.7. The number of methoxy groups -OCH3 is 2. The number of benzene rings is 18. The summed E-state index contributed by atoms with van der Waals surface area (Å²) in [4.78, 5) is 3.02. The van der Waals surface area contributed by atoms with E-state index < -0.39 is 0 Å². The van der Waals surface area contributed by atoms with Crippen LogP contribution in [0.1, 0.15) is 28.7 Å². The molecule has 2 spiro atoms.